The molecule has 1 aromatic heterocycles. The predicted octanol–water partition coefficient (Wildman–Crippen LogP) is 3.76. The number of piperazine rings is 1. The molecule has 0 saturated carbocycles. The van der Waals surface area contributed by atoms with Crippen molar-refractivity contribution in [1.29, 1.82) is 0 Å². The van der Waals surface area contributed by atoms with Gasteiger partial charge in [0.1, 0.15) is 5.82 Å². The molecule has 1 saturated heterocycles. The van der Waals surface area contributed by atoms with Crippen LogP contribution in [0.4, 0.5) is 10.6 Å². The van der Waals surface area contributed by atoms with Crippen LogP contribution in [0.15, 0.2) is 12.1 Å². The Balaban J connectivity index is 1.68. The molecule has 0 spiro atoms. The maximum absolute atomic E-state index is 11.4. The van der Waals surface area contributed by atoms with E-state index >= 15 is 0 Å². The first-order chi connectivity index (χ1) is 12.5. The first-order valence-electron chi connectivity index (χ1n) is 9.88. The number of fused-ring (bicyclic) bond motifs is 3. The minimum Gasteiger partial charge on any atom is -0.465 e. The molecule has 3 rings (SSSR count). The highest BCUT2D eigenvalue weighted by Gasteiger charge is 2.40. The number of aromatic nitrogens is 1. The van der Waals surface area contributed by atoms with Crippen LogP contribution in [-0.4, -0.2) is 61.2 Å². The van der Waals surface area contributed by atoms with Crippen LogP contribution in [0.3, 0.4) is 0 Å². The van der Waals surface area contributed by atoms with Gasteiger partial charge in [-0.25, -0.2) is 9.78 Å². The van der Waals surface area contributed by atoms with Crippen molar-refractivity contribution in [3.8, 4) is 0 Å². The number of anilines is 1. The molecule has 2 atom stereocenters. The van der Waals surface area contributed by atoms with Crippen LogP contribution < -0.4 is 4.90 Å². The Morgan fingerprint density at radius 1 is 1.33 bits per heavy atom. The first kappa shape index (κ1) is 20.1. The van der Waals surface area contributed by atoms with Crippen LogP contribution >= 0.6 is 0 Å². The number of carboxylic acid groups (broad SMARTS) is 1. The second-order valence-corrected chi connectivity index (χ2v) is 14.3. The molecule has 0 radical (unpaired) electrons. The van der Waals surface area contributed by atoms with Gasteiger partial charge in [0.25, 0.3) is 0 Å². The van der Waals surface area contributed by atoms with Crippen molar-refractivity contribution < 1.29 is 14.3 Å². The van der Waals surface area contributed by atoms with E-state index in [2.05, 4.69) is 57.8 Å². The molecule has 1 fully saturated rings. The summed E-state index contributed by atoms with van der Waals surface area (Å²) < 4.78 is 6.30. The Morgan fingerprint density at radius 3 is 2.67 bits per heavy atom. The van der Waals surface area contributed by atoms with Crippen molar-refractivity contribution >= 4 is 20.2 Å². The van der Waals surface area contributed by atoms with E-state index in [0.29, 0.717) is 19.7 Å². The molecule has 1 N–H and O–H groups in total. The molecular formula is C20H33N3O3Si. The third-order valence-corrected chi connectivity index (χ3v) is 10.9. The van der Waals surface area contributed by atoms with Gasteiger partial charge in [0, 0.05) is 37.9 Å². The molecule has 7 heteroatoms. The lowest BCUT2D eigenvalue weighted by molar-refractivity contribution is 0.128. The van der Waals surface area contributed by atoms with Gasteiger partial charge in [-0.15, -0.1) is 0 Å². The highest BCUT2D eigenvalue weighted by Crippen LogP contribution is 2.37. The van der Waals surface area contributed by atoms with Crippen molar-refractivity contribution in [2.24, 2.45) is 0 Å². The number of carbonyl (C=O) groups is 1. The summed E-state index contributed by atoms with van der Waals surface area (Å²) in [6.45, 7) is 15.2. The number of hydrogen-bond donors (Lipinski definition) is 1. The summed E-state index contributed by atoms with van der Waals surface area (Å²) in [5.41, 5.74) is 2.29. The maximum Gasteiger partial charge on any atom is 0.407 e. The number of nitrogens with zero attached hydrogens (tertiary/aromatic N) is 3. The average Bonchev–Trinajstić information content (AvgIpc) is 2.91. The summed E-state index contributed by atoms with van der Waals surface area (Å²) in [4.78, 5) is 20.2. The summed E-state index contributed by atoms with van der Waals surface area (Å²) in [7, 11) is -1.74. The van der Waals surface area contributed by atoms with Crippen molar-refractivity contribution in [2.45, 2.75) is 70.8 Å². The van der Waals surface area contributed by atoms with Crippen LogP contribution in [-0.2, 0) is 17.3 Å². The molecule has 0 unspecified atom stereocenters. The normalized spacial score (nSPS) is 22.6. The summed E-state index contributed by atoms with van der Waals surface area (Å²) in [6, 6.07) is 4.62. The second kappa shape index (κ2) is 7.09. The first-order valence-corrected chi connectivity index (χ1v) is 12.8. The van der Waals surface area contributed by atoms with E-state index in [-0.39, 0.29) is 17.1 Å². The lowest BCUT2D eigenvalue weighted by Crippen LogP contribution is -2.58. The fourth-order valence-corrected chi connectivity index (χ4v) is 4.85. The molecule has 0 aliphatic carbocycles. The maximum atomic E-state index is 11.4. The monoisotopic (exact) mass is 391 g/mol. The van der Waals surface area contributed by atoms with Crippen molar-refractivity contribution in [3.63, 3.8) is 0 Å². The van der Waals surface area contributed by atoms with Gasteiger partial charge in [-0.3, -0.25) is 0 Å². The molecule has 2 aliphatic heterocycles. The Bertz CT molecular complexity index is 717. The van der Waals surface area contributed by atoms with Gasteiger partial charge >= 0.3 is 6.09 Å². The third-order valence-electron chi connectivity index (χ3n) is 6.40. The Kier molecular flexibility index (Phi) is 5.29. The molecule has 3 heterocycles. The Morgan fingerprint density at radius 2 is 2.04 bits per heavy atom. The molecule has 2 aliphatic rings. The van der Waals surface area contributed by atoms with Crippen LogP contribution in [0.2, 0.25) is 18.1 Å². The van der Waals surface area contributed by atoms with E-state index < -0.39 is 14.4 Å². The quantitative estimate of drug-likeness (QED) is 0.792. The van der Waals surface area contributed by atoms with Crippen LogP contribution in [0.25, 0.3) is 0 Å². The van der Waals surface area contributed by atoms with Crippen molar-refractivity contribution in [3.05, 3.63) is 23.4 Å². The predicted molar refractivity (Wildman–Crippen MR) is 110 cm³/mol. The fraction of sp³-hybridized carbons (Fsp3) is 0.700. The van der Waals surface area contributed by atoms with Gasteiger partial charge in [0.05, 0.1) is 6.04 Å². The highest BCUT2D eigenvalue weighted by molar-refractivity contribution is 6.74. The standard InChI is InChI=1S/C20H33N3O3Si/c1-14-12-22(19(24)25)13-17-11-15-7-8-16(21-18(15)23(14)17)9-10-26-27(5,6)20(2,3)4/h7-8,14,17H,9-13H2,1-6H3,(H,24,25)/t14-,17-/m1/s1. The molecule has 27 heavy (non-hydrogen) atoms. The van der Waals surface area contributed by atoms with Gasteiger partial charge in [-0.2, -0.15) is 0 Å². The van der Waals surface area contributed by atoms with E-state index in [1.54, 1.807) is 0 Å². The third kappa shape index (κ3) is 3.99. The van der Waals surface area contributed by atoms with Crippen molar-refractivity contribution in [1.82, 2.24) is 9.88 Å². The Hall–Kier alpha value is -1.60. The van der Waals surface area contributed by atoms with E-state index in [1.807, 2.05) is 0 Å². The molecule has 0 aromatic carbocycles. The number of pyridine rings is 1. The molecule has 1 amide bonds. The van der Waals surface area contributed by atoms with E-state index in [0.717, 1.165) is 24.4 Å². The summed E-state index contributed by atoms with van der Waals surface area (Å²) in [5.74, 6) is 1.04. The lowest BCUT2D eigenvalue weighted by atomic mass is 10.1. The van der Waals surface area contributed by atoms with Crippen LogP contribution in [0.5, 0.6) is 0 Å². The van der Waals surface area contributed by atoms with E-state index in [9.17, 15) is 9.90 Å². The minimum atomic E-state index is -1.74. The molecule has 6 nitrogen and oxygen atoms in total. The zero-order valence-corrected chi connectivity index (χ0v) is 18.5. The summed E-state index contributed by atoms with van der Waals surface area (Å²) >= 11 is 0. The second-order valence-electron chi connectivity index (χ2n) is 9.45. The van der Waals surface area contributed by atoms with E-state index in [4.69, 9.17) is 9.41 Å². The van der Waals surface area contributed by atoms with Gasteiger partial charge < -0.3 is 19.3 Å². The number of amides is 1. The fourth-order valence-electron chi connectivity index (χ4n) is 3.80. The van der Waals surface area contributed by atoms with Crippen LogP contribution in [0.1, 0.15) is 39.0 Å². The topological polar surface area (TPSA) is 65.9 Å². The zero-order chi connectivity index (χ0) is 20.0. The van der Waals surface area contributed by atoms with Gasteiger partial charge in [-0.1, -0.05) is 26.8 Å². The summed E-state index contributed by atoms with van der Waals surface area (Å²) in [6.07, 6.45) is 0.861. The smallest absolute Gasteiger partial charge is 0.407 e. The molecule has 1 aromatic rings. The number of rotatable bonds is 4. The highest BCUT2D eigenvalue weighted by atomic mass is 28.4. The number of hydrogen-bond acceptors (Lipinski definition) is 4. The van der Waals surface area contributed by atoms with Gasteiger partial charge in [0.2, 0.25) is 0 Å². The Labute approximate surface area is 163 Å². The van der Waals surface area contributed by atoms with Gasteiger partial charge in [0.15, 0.2) is 8.32 Å². The molecular weight excluding hydrogens is 358 g/mol. The largest absolute Gasteiger partial charge is 0.465 e. The molecule has 0 bridgehead atoms. The van der Waals surface area contributed by atoms with E-state index in [1.165, 1.54) is 10.5 Å². The van der Waals surface area contributed by atoms with Crippen LogP contribution in [0, 0.1) is 0 Å². The molecule has 150 valence electrons. The average molecular weight is 392 g/mol. The SMILES string of the molecule is C[C@@H]1CN(C(=O)O)C[C@H]2Cc3ccc(CCO[Si](C)(C)C(C)(C)C)nc3N21. The lowest BCUT2D eigenvalue weighted by Gasteiger charge is -2.42. The van der Waals surface area contributed by atoms with Crippen molar-refractivity contribution in [2.75, 3.05) is 24.6 Å². The van der Waals surface area contributed by atoms with Gasteiger partial charge in [-0.05, 0) is 43.1 Å². The zero-order valence-electron chi connectivity index (χ0n) is 17.5. The minimum absolute atomic E-state index is 0.146. The summed E-state index contributed by atoms with van der Waals surface area (Å²) in [5, 5.41) is 9.55.